The Kier molecular flexibility index (Phi) is 4.89. The summed E-state index contributed by atoms with van der Waals surface area (Å²) in [6, 6.07) is 3.07. The van der Waals surface area contributed by atoms with Gasteiger partial charge in [-0.25, -0.2) is 4.98 Å². The summed E-state index contributed by atoms with van der Waals surface area (Å²) >= 11 is 11.8. The molecule has 20 heavy (non-hydrogen) atoms. The van der Waals surface area contributed by atoms with E-state index in [9.17, 15) is 9.90 Å². The molecule has 1 aromatic rings. The van der Waals surface area contributed by atoms with Crippen molar-refractivity contribution in [2.24, 2.45) is 5.92 Å². The van der Waals surface area contributed by atoms with E-state index in [4.69, 9.17) is 23.2 Å². The summed E-state index contributed by atoms with van der Waals surface area (Å²) in [5, 5.41) is 13.0. The van der Waals surface area contributed by atoms with Crippen LogP contribution in [0, 0.1) is 5.92 Å². The maximum atomic E-state index is 12.3. The van der Waals surface area contributed by atoms with E-state index in [1.807, 2.05) is 0 Å². The largest absolute Gasteiger partial charge is 0.394 e. The van der Waals surface area contributed by atoms with Crippen LogP contribution in [-0.2, 0) is 0 Å². The molecule has 0 atom stereocenters. The highest BCUT2D eigenvalue weighted by atomic mass is 35.5. The van der Waals surface area contributed by atoms with Crippen molar-refractivity contribution in [1.82, 2.24) is 10.3 Å². The van der Waals surface area contributed by atoms with E-state index in [-0.39, 0.29) is 28.4 Å². The van der Waals surface area contributed by atoms with Gasteiger partial charge in [0.1, 0.15) is 10.8 Å². The molecule has 0 radical (unpaired) electrons. The van der Waals surface area contributed by atoms with Crippen LogP contribution in [0.1, 0.15) is 43.1 Å². The molecule has 6 heteroatoms. The molecule has 2 rings (SSSR count). The maximum Gasteiger partial charge on any atom is 0.272 e. The Morgan fingerprint density at radius 3 is 2.70 bits per heavy atom. The smallest absolute Gasteiger partial charge is 0.272 e. The second-order valence-electron chi connectivity index (χ2n) is 5.54. The minimum atomic E-state index is -0.573. The van der Waals surface area contributed by atoms with Crippen LogP contribution in [0.15, 0.2) is 12.1 Å². The van der Waals surface area contributed by atoms with Crippen LogP contribution in [0.4, 0.5) is 0 Å². The molecule has 110 valence electrons. The quantitative estimate of drug-likeness (QED) is 0.842. The SMILES string of the molecule is CC1CCC(CO)(NC(=O)c2nc(Cl)ccc2Cl)CC1. The zero-order valence-electron chi connectivity index (χ0n) is 11.3. The highest BCUT2D eigenvalue weighted by molar-refractivity contribution is 6.34. The van der Waals surface area contributed by atoms with Crippen molar-refractivity contribution < 1.29 is 9.90 Å². The minimum absolute atomic E-state index is 0.0797. The van der Waals surface area contributed by atoms with Crippen LogP contribution in [0.25, 0.3) is 0 Å². The molecular formula is C14H18Cl2N2O2. The molecule has 1 aromatic heterocycles. The number of halogens is 2. The first-order chi connectivity index (χ1) is 9.46. The fraction of sp³-hybridized carbons (Fsp3) is 0.571. The van der Waals surface area contributed by atoms with Crippen molar-refractivity contribution in [1.29, 1.82) is 0 Å². The molecule has 1 aliphatic rings. The maximum absolute atomic E-state index is 12.3. The number of aliphatic hydroxyl groups excluding tert-OH is 1. The average molecular weight is 317 g/mol. The van der Waals surface area contributed by atoms with E-state index in [1.165, 1.54) is 6.07 Å². The standard InChI is InChI=1S/C14H18Cl2N2O2/c1-9-4-6-14(8-19,7-5-9)18-13(20)12-10(15)2-3-11(16)17-12/h2-3,9,19H,4-8H2,1H3,(H,18,20). The minimum Gasteiger partial charge on any atom is -0.394 e. The normalized spacial score (nSPS) is 26.3. The summed E-state index contributed by atoms with van der Waals surface area (Å²) in [6.07, 6.45) is 3.48. The molecule has 1 aliphatic carbocycles. The van der Waals surface area contributed by atoms with Gasteiger partial charge in [0.05, 0.1) is 17.2 Å². The van der Waals surface area contributed by atoms with Gasteiger partial charge in [-0.05, 0) is 43.7 Å². The third kappa shape index (κ3) is 3.43. The first-order valence-corrected chi connectivity index (χ1v) is 7.47. The Bertz CT molecular complexity index is 500. The molecule has 0 aliphatic heterocycles. The number of aliphatic hydroxyl groups is 1. The molecule has 1 amide bonds. The van der Waals surface area contributed by atoms with Gasteiger partial charge in [-0.1, -0.05) is 30.1 Å². The fourth-order valence-corrected chi connectivity index (χ4v) is 2.85. The number of nitrogens with zero attached hydrogens (tertiary/aromatic N) is 1. The number of nitrogens with one attached hydrogen (secondary N) is 1. The van der Waals surface area contributed by atoms with E-state index in [0.29, 0.717) is 5.92 Å². The molecule has 0 unspecified atom stereocenters. The van der Waals surface area contributed by atoms with Crippen LogP contribution in [0.2, 0.25) is 10.2 Å². The van der Waals surface area contributed by atoms with Crippen molar-refractivity contribution in [3.05, 3.63) is 28.0 Å². The first-order valence-electron chi connectivity index (χ1n) is 6.71. The lowest BCUT2D eigenvalue weighted by Crippen LogP contribution is -2.53. The number of carbonyl (C=O) groups is 1. The van der Waals surface area contributed by atoms with Gasteiger partial charge < -0.3 is 10.4 Å². The van der Waals surface area contributed by atoms with E-state index < -0.39 is 5.54 Å². The third-order valence-electron chi connectivity index (χ3n) is 3.94. The van der Waals surface area contributed by atoms with E-state index in [0.717, 1.165) is 25.7 Å². The Morgan fingerprint density at radius 2 is 2.10 bits per heavy atom. The monoisotopic (exact) mass is 316 g/mol. The second kappa shape index (κ2) is 6.29. The number of carbonyl (C=O) groups excluding carboxylic acids is 1. The molecule has 1 fully saturated rings. The molecule has 0 spiro atoms. The third-order valence-corrected chi connectivity index (χ3v) is 4.46. The predicted molar refractivity (Wildman–Crippen MR) is 79.2 cm³/mol. The van der Waals surface area contributed by atoms with Crippen LogP contribution in [0.3, 0.4) is 0 Å². The van der Waals surface area contributed by atoms with E-state index >= 15 is 0 Å². The van der Waals surface area contributed by atoms with Crippen molar-refractivity contribution in [2.75, 3.05) is 6.61 Å². The van der Waals surface area contributed by atoms with Gasteiger partial charge in [-0.3, -0.25) is 4.79 Å². The molecule has 0 saturated heterocycles. The summed E-state index contributed by atoms with van der Waals surface area (Å²) in [4.78, 5) is 16.3. The zero-order valence-corrected chi connectivity index (χ0v) is 12.8. The highest BCUT2D eigenvalue weighted by Gasteiger charge is 2.35. The number of amides is 1. The summed E-state index contributed by atoms with van der Waals surface area (Å²) in [7, 11) is 0. The topological polar surface area (TPSA) is 62.2 Å². The Labute approximate surface area is 128 Å². The lowest BCUT2D eigenvalue weighted by Gasteiger charge is -2.38. The van der Waals surface area contributed by atoms with Gasteiger partial charge in [0.25, 0.3) is 5.91 Å². The molecule has 1 saturated carbocycles. The second-order valence-corrected chi connectivity index (χ2v) is 6.33. The lowest BCUT2D eigenvalue weighted by atomic mass is 9.77. The molecule has 1 heterocycles. The number of pyridine rings is 1. The van der Waals surface area contributed by atoms with Gasteiger partial charge in [0, 0.05) is 0 Å². The molecule has 0 aromatic carbocycles. The van der Waals surface area contributed by atoms with Crippen LogP contribution in [-0.4, -0.2) is 28.1 Å². The Hall–Kier alpha value is -0.840. The fourth-order valence-electron chi connectivity index (χ4n) is 2.51. The lowest BCUT2D eigenvalue weighted by molar-refractivity contribution is 0.0713. The van der Waals surface area contributed by atoms with E-state index in [2.05, 4.69) is 17.2 Å². The van der Waals surface area contributed by atoms with E-state index in [1.54, 1.807) is 6.07 Å². The molecule has 4 nitrogen and oxygen atoms in total. The number of hydrogen-bond acceptors (Lipinski definition) is 3. The Balaban J connectivity index is 2.15. The molecule has 0 bridgehead atoms. The van der Waals surface area contributed by atoms with Crippen LogP contribution < -0.4 is 5.32 Å². The van der Waals surface area contributed by atoms with Crippen LogP contribution >= 0.6 is 23.2 Å². The number of aromatic nitrogens is 1. The average Bonchev–Trinajstić information content (AvgIpc) is 2.44. The Morgan fingerprint density at radius 1 is 1.45 bits per heavy atom. The summed E-state index contributed by atoms with van der Waals surface area (Å²) in [5.74, 6) is 0.237. The summed E-state index contributed by atoms with van der Waals surface area (Å²) in [6.45, 7) is 2.10. The molecular weight excluding hydrogens is 299 g/mol. The highest BCUT2D eigenvalue weighted by Crippen LogP contribution is 2.32. The van der Waals surface area contributed by atoms with Gasteiger partial charge in [0.15, 0.2) is 0 Å². The van der Waals surface area contributed by atoms with Crippen molar-refractivity contribution in [2.45, 2.75) is 38.1 Å². The van der Waals surface area contributed by atoms with Crippen LogP contribution in [0.5, 0.6) is 0 Å². The van der Waals surface area contributed by atoms with Crippen molar-refractivity contribution in [3.63, 3.8) is 0 Å². The molecule has 2 N–H and O–H groups in total. The van der Waals surface area contributed by atoms with Gasteiger partial charge in [-0.15, -0.1) is 0 Å². The van der Waals surface area contributed by atoms with Crippen molar-refractivity contribution in [3.8, 4) is 0 Å². The van der Waals surface area contributed by atoms with Crippen molar-refractivity contribution >= 4 is 29.1 Å². The van der Waals surface area contributed by atoms with Gasteiger partial charge in [0.2, 0.25) is 0 Å². The van der Waals surface area contributed by atoms with Gasteiger partial charge >= 0.3 is 0 Å². The number of hydrogen-bond donors (Lipinski definition) is 2. The predicted octanol–water partition coefficient (Wildman–Crippen LogP) is 3.06. The summed E-state index contributed by atoms with van der Waals surface area (Å²) < 4.78 is 0. The first kappa shape index (κ1) is 15.5. The van der Waals surface area contributed by atoms with Gasteiger partial charge in [-0.2, -0.15) is 0 Å². The summed E-state index contributed by atoms with van der Waals surface area (Å²) in [5.41, 5.74) is -0.470. The number of rotatable bonds is 3. The zero-order chi connectivity index (χ0) is 14.8.